The van der Waals surface area contributed by atoms with Crippen LogP contribution in [0.1, 0.15) is 54.7 Å². The summed E-state index contributed by atoms with van der Waals surface area (Å²) in [7, 11) is 0. The van der Waals surface area contributed by atoms with Crippen LogP contribution in [0.4, 0.5) is 4.79 Å². The molecule has 196 valence electrons. The average Bonchev–Trinajstić information content (AvgIpc) is 3.28. The van der Waals surface area contributed by atoms with Crippen molar-refractivity contribution >= 4 is 22.6 Å². The summed E-state index contributed by atoms with van der Waals surface area (Å²) in [6, 6.07) is 31.6. The van der Waals surface area contributed by atoms with Crippen LogP contribution < -0.4 is 0 Å². The van der Waals surface area contributed by atoms with E-state index in [1.165, 1.54) is 33.0 Å². The molecule has 0 N–H and O–H groups in total. The zero-order chi connectivity index (χ0) is 26.3. The number of ether oxygens (including phenoxy) is 1. The smallest absolute Gasteiger partial charge is 0.410 e. The molecule has 1 aliphatic carbocycles. The molecule has 0 radical (unpaired) electrons. The molecule has 2 fully saturated rings. The quantitative estimate of drug-likeness (QED) is 0.276. The summed E-state index contributed by atoms with van der Waals surface area (Å²) in [6.45, 7) is 0.340. The minimum absolute atomic E-state index is 0.00408. The Morgan fingerprint density at radius 1 is 0.744 bits per heavy atom. The van der Waals surface area contributed by atoms with Crippen LogP contribution >= 0.6 is 0 Å². The fourth-order valence-electron chi connectivity index (χ4n) is 7.31. The van der Waals surface area contributed by atoms with Crippen molar-refractivity contribution in [2.45, 2.75) is 56.5 Å². The first-order valence-electron chi connectivity index (χ1n) is 14.3. The van der Waals surface area contributed by atoms with Gasteiger partial charge in [0.15, 0.2) is 0 Å². The number of fused-ring (bicyclic) bond motifs is 6. The maximum absolute atomic E-state index is 13.5. The molecule has 1 amide bonds. The molecule has 0 saturated carbocycles. The monoisotopic (exact) mass is 515 g/mol. The lowest BCUT2D eigenvalue weighted by Crippen LogP contribution is -2.56. The summed E-state index contributed by atoms with van der Waals surface area (Å²) >= 11 is 0. The number of Topliss-reactive ketones (excluding diaryl/α,β-unsaturated/α-hetero) is 1. The standard InChI is InChI=1S/C35H33NO3/c37-34(19-23-16-17-24-8-1-2-9-25(24)18-23)26-20-27-10-7-11-28(21-26)36(27)35(38)39-22-33-31-14-5-3-12-29(31)30-13-4-6-15-32(30)33/h1-6,8-9,12-18,26-28,33H,7,10-11,19-22H2. The van der Waals surface area contributed by atoms with Gasteiger partial charge in [-0.25, -0.2) is 4.79 Å². The number of amides is 1. The normalized spacial score (nSPS) is 21.8. The number of benzene rings is 4. The molecule has 39 heavy (non-hydrogen) atoms. The highest BCUT2D eigenvalue weighted by atomic mass is 16.6. The summed E-state index contributed by atoms with van der Waals surface area (Å²) in [5.41, 5.74) is 5.99. The first kappa shape index (κ1) is 24.1. The minimum atomic E-state index is -0.216. The molecule has 2 aliphatic heterocycles. The van der Waals surface area contributed by atoms with E-state index in [1.54, 1.807) is 0 Å². The van der Waals surface area contributed by atoms with E-state index in [2.05, 4.69) is 78.9 Å². The van der Waals surface area contributed by atoms with E-state index in [-0.39, 0.29) is 30.0 Å². The molecule has 4 nitrogen and oxygen atoms in total. The molecule has 7 rings (SSSR count). The molecule has 4 heteroatoms. The Labute approximate surface area is 229 Å². The number of piperidine rings is 2. The molecule has 2 atom stereocenters. The molecule has 0 spiro atoms. The van der Waals surface area contributed by atoms with Crippen LogP contribution in [0.3, 0.4) is 0 Å². The Bertz CT molecular complexity index is 1500. The van der Waals surface area contributed by atoms with Crippen molar-refractivity contribution in [3.63, 3.8) is 0 Å². The maximum Gasteiger partial charge on any atom is 0.410 e. The molecule has 4 aromatic carbocycles. The Kier molecular flexibility index (Phi) is 6.19. The van der Waals surface area contributed by atoms with E-state index in [9.17, 15) is 9.59 Å². The summed E-state index contributed by atoms with van der Waals surface area (Å²) < 4.78 is 6.05. The minimum Gasteiger partial charge on any atom is -0.448 e. The average molecular weight is 516 g/mol. The number of carbonyl (C=O) groups is 2. The second kappa shape index (κ2) is 10.00. The largest absolute Gasteiger partial charge is 0.448 e. The van der Waals surface area contributed by atoms with Gasteiger partial charge in [0.1, 0.15) is 12.4 Å². The first-order valence-corrected chi connectivity index (χ1v) is 14.3. The van der Waals surface area contributed by atoms with Crippen LogP contribution in [0.2, 0.25) is 0 Å². The van der Waals surface area contributed by atoms with Crippen LogP contribution in [0.15, 0.2) is 91.0 Å². The van der Waals surface area contributed by atoms with Gasteiger partial charge in [0, 0.05) is 30.3 Å². The Morgan fingerprint density at radius 2 is 1.36 bits per heavy atom. The molecule has 2 saturated heterocycles. The summed E-state index contributed by atoms with van der Waals surface area (Å²) in [6.07, 6.45) is 4.72. The number of rotatable bonds is 5. The Morgan fingerprint density at radius 3 is 2.05 bits per heavy atom. The lowest BCUT2D eigenvalue weighted by Gasteiger charge is -2.47. The fourth-order valence-corrected chi connectivity index (χ4v) is 7.31. The molecular formula is C35H33NO3. The summed E-state index contributed by atoms with van der Waals surface area (Å²) in [5, 5.41) is 2.37. The van der Waals surface area contributed by atoms with E-state index < -0.39 is 0 Å². The third kappa shape index (κ3) is 4.42. The van der Waals surface area contributed by atoms with Crippen molar-refractivity contribution in [3.8, 4) is 11.1 Å². The number of hydrogen-bond donors (Lipinski definition) is 0. The SMILES string of the molecule is O=C(Cc1ccc2ccccc2c1)C1CC2CCCC(C1)N2C(=O)OCC1c2ccccc2-c2ccccc21. The van der Waals surface area contributed by atoms with Crippen LogP contribution in [-0.2, 0) is 16.0 Å². The second-order valence-corrected chi connectivity index (χ2v) is 11.4. The van der Waals surface area contributed by atoms with Gasteiger partial charge in [-0.05, 0) is 70.7 Å². The highest BCUT2D eigenvalue weighted by Crippen LogP contribution is 2.45. The predicted octanol–water partition coefficient (Wildman–Crippen LogP) is 7.53. The number of carbonyl (C=O) groups excluding carboxylic acids is 2. The molecule has 2 unspecified atom stereocenters. The summed E-state index contributed by atoms with van der Waals surface area (Å²) in [5.74, 6) is 0.362. The van der Waals surface area contributed by atoms with Crippen molar-refractivity contribution < 1.29 is 14.3 Å². The number of ketones is 1. The van der Waals surface area contributed by atoms with E-state index in [4.69, 9.17) is 4.74 Å². The second-order valence-electron chi connectivity index (χ2n) is 11.4. The molecule has 0 aromatic heterocycles. The van der Waals surface area contributed by atoms with Gasteiger partial charge < -0.3 is 9.64 Å². The third-order valence-corrected chi connectivity index (χ3v) is 9.17. The lowest BCUT2D eigenvalue weighted by molar-refractivity contribution is -0.126. The number of nitrogens with zero attached hydrogens (tertiary/aromatic N) is 1. The molecule has 2 bridgehead atoms. The molecular weight excluding hydrogens is 482 g/mol. The third-order valence-electron chi connectivity index (χ3n) is 9.17. The topological polar surface area (TPSA) is 46.6 Å². The lowest BCUT2D eigenvalue weighted by atomic mass is 9.76. The van der Waals surface area contributed by atoms with Crippen LogP contribution in [0.25, 0.3) is 21.9 Å². The van der Waals surface area contributed by atoms with Gasteiger partial charge >= 0.3 is 6.09 Å². The first-order chi connectivity index (χ1) is 19.2. The van der Waals surface area contributed by atoms with E-state index >= 15 is 0 Å². The van der Waals surface area contributed by atoms with Crippen molar-refractivity contribution in [2.75, 3.05) is 6.61 Å². The van der Waals surface area contributed by atoms with Crippen LogP contribution in [-0.4, -0.2) is 35.5 Å². The van der Waals surface area contributed by atoms with E-state index in [1.807, 2.05) is 17.0 Å². The van der Waals surface area contributed by atoms with E-state index in [0.29, 0.717) is 18.8 Å². The zero-order valence-corrected chi connectivity index (χ0v) is 22.1. The van der Waals surface area contributed by atoms with Gasteiger partial charge in [-0.3, -0.25) is 4.79 Å². The maximum atomic E-state index is 13.5. The van der Waals surface area contributed by atoms with Crippen molar-refractivity contribution in [1.29, 1.82) is 0 Å². The van der Waals surface area contributed by atoms with Crippen LogP contribution in [0, 0.1) is 5.92 Å². The summed E-state index contributed by atoms with van der Waals surface area (Å²) in [4.78, 5) is 28.9. The van der Waals surface area contributed by atoms with Gasteiger partial charge in [-0.1, -0.05) is 91.0 Å². The van der Waals surface area contributed by atoms with Gasteiger partial charge in [-0.15, -0.1) is 0 Å². The van der Waals surface area contributed by atoms with Gasteiger partial charge in [0.05, 0.1) is 0 Å². The van der Waals surface area contributed by atoms with Crippen molar-refractivity contribution in [3.05, 3.63) is 108 Å². The number of hydrogen-bond acceptors (Lipinski definition) is 3. The highest BCUT2D eigenvalue weighted by Gasteiger charge is 2.43. The Hall–Kier alpha value is -3.92. The molecule has 2 heterocycles. The van der Waals surface area contributed by atoms with E-state index in [0.717, 1.165) is 37.7 Å². The van der Waals surface area contributed by atoms with Crippen molar-refractivity contribution in [2.24, 2.45) is 5.92 Å². The van der Waals surface area contributed by atoms with Crippen LogP contribution in [0.5, 0.6) is 0 Å². The highest BCUT2D eigenvalue weighted by molar-refractivity contribution is 5.87. The molecule has 4 aromatic rings. The fraction of sp³-hybridized carbons (Fsp3) is 0.314. The van der Waals surface area contributed by atoms with Crippen molar-refractivity contribution in [1.82, 2.24) is 4.90 Å². The van der Waals surface area contributed by atoms with Gasteiger partial charge in [0.2, 0.25) is 0 Å². The molecule has 3 aliphatic rings. The Balaban J connectivity index is 1.03. The zero-order valence-electron chi connectivity index (χ0n) is 22.1. The van der Waals surface area contributed by atoms with Gasteiger partial charge in [-0.2, -0.15) is 0 Å². The van der Waals surface area contributed by atoms with Gasteiger partial charge in [0.25, 0.3) is 0 Å². The predicted molar refractivity (Wildman–Crippen MR) is 154 cm³/mol.